The van der Waals surface area contributed by atoms with Gasteiger partial charge in [-0.05, 0) is 78.5 Å². The zero-order valence-electron chi connectivity index (χ0n) is 28.1. The summed E-state index contributed by atoms with van der Waals surface area (Å²) in [6.07, 6.45) is 1.67. The highest BCUT2D eigenvalue weighted by atomic mass is 28.4. The molecule has 6 heteroatoms. The average Bonchev–Trinajstić information content (AvgIpc) is 3.41. The Balaban J connectivity index is 2.54. The third-order valence-corrected chi connectivity index (χ3v) is 21.9. The first-order valence-electron chi connectivity index (χ1n) is 15.6. The van der Waals surface area contributed by atoms with Crippen molar-refractivity contribution in [2.45, 2.75) is 174 Å². The molecule has 1 aliphatic rings. The van der Waals surface area contributed by atoms with Gasteiger partial charge in [-0.1, -0.05) is 95.2 Å². The van der Waals surface area contributed by atoms with Crippen molar-refractivity contribution in [2.75, 3.05) is 0 Å². The van der Waals surface area contributed by atoms with Gasteiger partial charge in [-0.3, -0.25) is 0 Å². The highest BCUT2D eigenvalue weighted by molar-refractivity contribution is 6.78. The van der Waals surface area contributed by atoms with Crippen LogP contribution in [-0.4, -0.2) is 33.4 Å². The normalized spacial score (nSPS) is 19.6. The van der Waals surface area contributed by atoms with Gasteiger partial charge in [0.1, 0.15) is 5.75 Å². The fourth-order valence-corrected chi connectivity index (χ4v) is 18.4. The average molecular weight is 579 g/mol. The predicted molar refractivity (Wildman–Crippen MR) is 172 cm³/mol. The van der Waals surface area contributed by atoms with Crippen molar-refractivity contribution in [3.8, 4) is 5.75 Å². The Morgan fingerprint density at radius 3 is 1.64 bits per heavy atom. The first kappa shape index (κ1) is 34.5. The summed E-state index contributed by atoms with van der Waals surface area (Å²) >= 11 is 0. The maximum atomic E-state index is 11.9. The van der Waals surface area contributed by atoms with E-state index in [0.717, 1.165) is 23.3 Å². The van der Waals surface area contributed by atoms with E-state index < -0.39 is 22.2 Å². The second-order valence-corrected chi connectivity index (χ2v) is 25.7. The number of benzene rings is 1. The maximum Gasteiger partial charge on any atom is 0.258 e. The highest BCUT2D eigenvalue weighted by Gasteiger charge is 2.50. The third kappa shape index (κ3) is 7.22. The number of epoxide rings is 1. The first-order valence-corrected chi connectivity index (χ1v) is 19.9. The molecule has 2 unspecified atom stereocenters. The van der Waals surface area contributed by atoms with Gasteiger partial charge in [-0.2, -0.15) is 0 Å². The van der Waals surface area contributed by atoms with Crippen LogP contribution in [-0.2, 0) is 21.4 Å². The molecule has 0 aromatic heterocycles. The summed E-state index contributed by atoms with van der Waals surface area (Å²) in [6, 6.07) is 6.45. The van der Waals surface area contributed by atoms with E-state index in [1.807, 2.05) is 6.92 Å². The Hall–Kier alpha value is -0.666. The summed E-state index contributed by atoms with van der Waals surface area (Å²) in [5.41, 5.74) is 3.87. The number of ether oxygens (including phenoxy) is 1. The minimum Gasteiger partial charge on any atom is -0.542 e. The van der Waals surface area contributed by atoms with Crippen molar-refractivity contribution < 1.29 is 18.7 Å². The van der Waals surface area contributed by atoms with Crippen LogP contribution in [0.25, 0.3) is 0 Å². The molecule has 2 rings (SSSR count). The molecule has 2 atom stereocenters. The molecule has 1 aliphatic heterocycles. The van der Waals surface area contributed by atoms with Crippen molar-refractivity contribution in [3.05, 3.63) is 29.3 Å². The molecule has 0 amide bonds. The molecule has 39 heavy (non-hydrogen) atoms. The Labute approximate surface area is 243 Å². The zero-order valence-corrected chi connectivity index (χ0v) is 30.1. The zero-order chi connectivity index (χ0) is 30.1. The Morgan fingerprint density at radius 2 is 1.26 bits per heavy atom. The van der Waals surface area contributed by atoms with Gasteiger partial charge in [-0.15, -0.1) is 0 Å². The lowest BCUT2D eigenvalue weighted by Gasteiger charge is -2.44. The summed E-state index contributed by atoms with van der Waals surface area (Å²) in [5, 5.41) is 11.9. The molecule has 1 aromatic carbocycles. The highest BCUT2D eigenvalue weighted by Crippen LogP contribution is 2.47. The van der Waals surface area contributed by atoms with Gasteiger partial charge in [-0.25, -0.2) is 0 Å². The first-order chi connectivity index (χ1) is 17.8. The van der Waals surface area contributed by atoms with Crippen molar-refractivity contribution in [2.24, 2.45) is 0 Å². The third-order valence-electron chi connectivity index (χ3n) is 9.87. The van der Waals surface area contributed by atoms with E-state index in [-0.39, 0.29) is 11.7 Å². The molecule has 0 aliphatic carbocycles. The summed E-state index contributed by atoms with van der Waals surface area (Å²) in [6.45, 7) is 34.7. The van der Waals surface area contributed by atoms with Crippen molar-refractivity contribution in [3.63, 3.8) is 0 Å². The molecule has 1 aromatic rings. The van der Waals surface area contributed by atoms with Gasteiger partial charge in [0.2, 0.25) is 8.32 Å². The van der Waals surface area contributed by atoms with Crippen LogP contribution < -0.4 is 4.43 Å². The Bertz CT molecular complexity index is 890. The number of rotatable bonds is 15. The smallest absolute Gasteiger partial charge is 0.258 e. The van der Waals surface area contributed by atoms with E-state index >= 15 is 0 Å². The monoisotopic (exact) mass is 578 g/mol. The van der Waals surface area contributed by atoms with E-state index in [2.05, 4.69) is 115 Å². The van der Waals surface area contributed by atoms with Crippen molar-refractivity contribution >= 4 is 16.6 Å². The molecule has 0 spiro atoms. The second-order valence-electron chi connectivity index (χ2n) is 14.9. The fraction of sp³-hybridized carbons (Fsp3) is 0.818. The van der Waals surface area contributed by atoms with E-state index in [4.69, 9.17) is 13.6 Å². The number of hydrogen-bond acceptors (Lipinski definition) is 4. The predicted octanol–water partition coefficient (Wildman–Crippen LogP) is 10.1. The molecule has 0 radical (unpaired) electrons. The summed E-state index contributed by atoms with van der Waals surface area (Å²) < 4.78 is 20.1. The molecule has 1 saturated heterocycles. The van der Waals surface area contributed by atoms with E-state index in [0.29, 0.717) is 46.3 Å². The second kappa shape index (κ2) is 12.7. The van der Waals surface area contributed by atoms with Crippen LogP contribution in [0, 0.1) is 0 Å². The van der Waals surface area contributed by atoms with Crippen LogP contribution in [0.15, 0.2) is 18.2 Å². The molecule has 0 saturated carbocycles. The molecule has 226 valence electrons. The summed E-state index contributed by atoms with van der Waals surface area (Å²) in [7, 11) is -4.24. The van der Waals surface area contributed by atoms with E-state index in [1.54, 1.807) is 0 Å². The largest absolute Gasteiger partial charge is 0.542 e. The van der Waals surface area contributed by atoms with Crippen LogP contribution in [0.2, 0.25) is 33.2 Å². The van der Waals surface area contributed by atoms with Crippen molar-refractivity contribution in [1.29, 1.82) is 0 Å². The molecule has 0 bridgehead atoms. The molecule has 1 fully saturated rings. The summed E-state index contributed by atoms with van der Waals surface area (Å²) in [4.78, 5) is 0. The quantitative estimate of drug-likeness (QED) is 0.166. The topological polar surface area (TPSA) is 51.2 Å². The van der Waals surface area contributed by atoms with Gasteiger partial charge in [0.05, 0.1) is 23.9 Å². The van der Waals surface area contributed by atoms with Crippen LogP contribution >= 0.6 is 0 Å². The molecular weight excluding hydrogens is 517 g/mol. The van der Waals surface area contributed by atoms with Gasteiger partial charge in [0.15, 0.2) is 0 Å². The lowest BCUT2D eigenvalue weighted by atomic mass is 9.88. The van der Waals surface area contributed by atoms with E-state index in [9.17, 15) is 5.11 Å². The minimum atomic E-state index is -2.24. The molecule has 1 N–H and O–H groups in total. The lowest BCUT2D eigenvalue weighted by molar-refractivity contribution is 0.0415. The Kier molecular flexibility index (Phi) is 11.2. The van der Waals surface area contributed by atoms with E-state index in [1.165, 1.54) is 0 Å². The fourth-order valence-electron chi connectivity index (χ4n) is 7.72. The maximum absolute atomic E-state index is 11.9. The molecule has 4 nitrogen and oxygen atoms in total. The van der Waals surface area contributed by atoms with Crippen LogP contribution in [0.5, 0.6) is 5.75 Å². The molecule has 1 heterocycles. The van der Waals surface area contributed by atoms with Crippen LogP contribution in [0.4, 0.5) is 0 Å². The number of aliphatic hydroxyl groups is 1. The van der Waals surface area contributed by atoms with Crippen LogP contribution in [0.1, 0.15) is 128 Å². The van der Waals surface area contributed by atoms with Gasteiger partial charge >= 0.3 is 0 Å². The summed E-state index contributed by atoms with van der Waals surface area (Å²) in [5.74, 6) is 0.853. The standard InChI is InChI=1S/C33H62O4Si2/c1-22(2)38(23(3)4,24(5)6)35-21-28-16-17-29(33(15,34)19-18-31-32(13,14)36-31)30(20-28)37-39(25(7)8,26(9)10)27(11)12/h16-17,20,22-27,31,34H,18-19,21H2,1-15H3. The number of hydrogen-bond donors (Lipinski definition) is 1. The van der Waals surface area contributed by atoms with Gasteiger partial charge in [0, 0.05) is 5.56 Å². The Morgan fingerprint density at radius 1 is 0.821 bits per heavy atom. The minimum absolute atomic E-state index is 0.0781. The SMILES string of the molecule is CC(C)[Si](OCc1ccc(C(C)(O)CCC2OC2(C)C)c(O[Si](C(C)C)(C(C)C)C(C)C)c1)(C(C)C)C(C)C. The van der Waals surface area contributed by atoms with Crippen LogP contribution in [0.3, 0.4) is 0 Å². The van der Waals surface area contributed by atoms with Crippen molar-refractivity contribution in [1.82, 2.24) is 0 Å². The lowest BCUT2D eigenvalue weighted by Crippen LogP contribution is -2.51. The van der Waals surface area contributed by atoms with Gasteiger partial charge < -0.3 is 18.7 Å². The molecular formula is C33H62O4Si2. The van der Waals surface area contributed by atoms with Gasteiger partial charge in [0.25, 0.3) is 8.32 Å².